The van der Waals surface area contributed by atoms with Crippen LogP contribution in [0.4, 0.5) is 8.78 Å². The highest BCUT2D eigenvalue weighted by molar-refractivity contribution is 5.90. The predicted molar refractivity (Wildman–Crippen MR) is 86.1 cm³/mol. The zero-order chi connectivity index (χ0) is 17.9. The van der Waals surface area contributed by atoms with Crippen LogP contribution in [0.2, 0.25) is 0 Å². The Morgan fingerprint density at radius 1 is 1.42 bits per heavy atom. The van der Waals surface area contributed by atoms with E-state index >= 15 is 0 Å². The van der Waals surface area contributed by atoms with Crippen LogP contribution in [0.25, 0.3) is 0 Å². The van der Waals surface area contributed by atoms with E-state index in [0.717, 1.165) is 24.8 Å². The number of hydrogen-bond acceptors (Lipinski definition) is 3. The highest BCUT2D eigenvalue weighted by Gasteiger charge is 2.34. The van der Waals surface area contributed by atoms with E-state index in [9.17, 15) is 18.4 Å². The number of halogens is 2. The van der Waals surface area contributed by atoms with Crippen LogP contribution in [0.3, 0.4) is 0 Å². The summed E-state index contributed by atoms with van der Waals surface area (Å²) in [7, 11) is 3.38. The van der Waals surface area contributed by atoms with Gasteiger partial charge in [-0.25, -0.2) is 8.78 Å². The van der Waals surface area contributed by atoms with Gasteiger partial charge >= 0.3 is 0 Å². The summed E-state index contributed by atoms with van der Waals surface area (Å²) < 4.78 is 26.7. The minimum Gasteiger partial charge on any atom is -0.350 e. The number of carbonyl (C=O) groups is 2. The van der Waals surface area contributed by atoms with Crippen LogP contribution >= 0.6 is 0 Å². The number of carbonyl (C=O) groups excluding carboxylic acids is 2. The smallest absolute Gasteiger partial charge is 0.246 e. The van der Waals surface area contributed by atoms with Crippen molar-refractivity contribution in [1.29, 1.82) is 0 Å². The standard InChI is InChI=1S/C17H21F2N3O2/c1-4-16(24)22(3)10-15(23)20-14-7-8-21(2)17(14)11-5-6-12(18)13(19)9-11/h4-6,9,14,17H,1,7-8,10H2,2-3H3,(H,20,23)/t14-,17+/m1/s1. The van der Waals surface area contributed by atoms with E-state index in [1.54, 1.807) is 0 Å². The van der Waals surface area contributed by atoms with E-state index in [1.165, 1.54) is 18.0 Å². The fourth-order valence-electron chi connectivity index (χ4n) is 2.98. The molecule has 1 aliphatic heterocycles. The maximum atomic E-state index is 13.5. The number of likely N-dealkylation sites (N-methyl/N-ethyl adjacent to an activating group) is 2. The second-order valence-electron chi connectivity index (χ2n) is 5.96. The van der Waals surface area contributed by atoms with Gasteiger partial charge in [0.1, 0.15) is 0 Å². The van der Waals surface area contributed by atoms with Gasteiger partial charge in [0.15, 0.2) is 11.6 Å². The fraction of sp³-hybridized carbons (Fsp3) is 0.412. The SMILES string of the molecule is C=CC(=O)N(C)CC(=O)N[C@@H]1CCN(C)[C@H]1c1ccc(F)c(F)c1. The van der Waals surface area contributed by atoms with Gasteiger partial charge in [-0.2, -0.15) is 0 Å². The van der Waals surface area contributed by atoms with Gasteiger partial charge in [0.05, 0.1) is 12.6 Å². The van der Waals surface area contributed by atoms with Crippen molar-refractivity contribution in [2.24, 2.45) is 0 Å². The summed E-state index contributed by atoms with van der Waals surface area (Å²) in [6, 6.07) is 3.29. The third kappa shape index (κ3) is 3.97. The van der Waals surface area contributed by atoms with Crippen molar-refractivity contribution in [2.75, 3.05) is 27.2 Å². The Hall–Kier alpha value is -2.28. The molecule has 2 atom stereocenters. The first-order chi connectivity index (χ1) is 11.3. The lowest BCUT2D eigenvalue weighted by Crippen LogP contribution is -2.44. The highest BCUT2D eigenvalue weighted by Crippen LogP contribution is 2.31. The Morgan fingerprint density at radius 2 is 2.12 bits per heavy atom. The maximum Gasteiger partial charge on any atom is 0.246 e. The summed E-state index contributed by atoms with van der Waals surface area (Å²) in [5.74, 6) is -2.45. The van der Waals surface area contributed by atoms with Gasteiger partial charge in [-0.05, 0) is 37.2 Å². The average molecular weight is 337 g/mol. The van der Waals surface area contributed by atoms with Crippen molar-refractivity contribution in [3.8, 4) is 0 Å². The molecule has 0 unspecified atom stereocenters. The summed E-state index contributed by atoms with van der Waals surface area (Å²) in [5, 5.41) is 2.88. The lowest BCUT2D eigenvalue weighted by atomic mass is 10.00. The normalized spacial score (nSPS) is 20.7. The largest absolute Gasteiger partial charge is 0.350 e. The molecule has 0 saturated carbocycles. The molecule has 0 radical (unpaired) electrons. The molecule has 1 heterocycles. The second-order valence-corrected chi connectivity index (χ2v) is 5.96. The number of amides is 2. The molecule has 1 fully saturated rings. The molecule has 2 amide bonds. The summed E-state index contributed by atoms with van der Waals surface area (Å²) in [6.45, 7) is 4.00. The van der Waals surface area contributed by atoms with Gasteiger partial charge in [0, 0.05) is 19.6 Å². The molecule has 1 N–H and O–H groups in total. The zero-order valence-corrected chi connectivity index (χ0v) is 13.8. The van der Waals surface area contributed by atoms with Crippen LogP contribution in [0.1, 0.15) is 18.0 Å². The molecule has 0 spiro atoms. The molecule has 2 rings (SSSR count). The van der Waals surface area contributed by atoms with E-state index in [0.29, 0.717) is 12.0 Å². The minimum atomic E-state index is -0.908. The van der Waals surface area contributed by atoms with Crippen LogP contribution in [-0.2, 0) is 9.59 Å². The average Bonchev–Trinajstić information content (AvgIpc) is 2.89. The first kappa shape index (κ1) is 18.1. The first-order valence-electron chi connectivity index (χ1n) is 7.65. The monoisotopic (exact) mass is 337 g/mol. The second kappa shape index (κ2) is 7.53. The Balaban J connectivity index is 2.08. The van der Waals surface area contributed by atoms with Crippen molar-refractivity contribution in [3.05, 3.63) is 48.1 Å². The zero-order valence-electron chi connectivity index (χ0n) is 13.8. The van der Waals surface area contributed by atoms with Crippen molar-refractivity contribution >= 4 is 11.8 Å². The lowest BCUT2D eigenvalue weighted by molar-refractivity contribution is -0.131. The Morgan fingerprint density at radius 3 is 2.75 bits per heavy atom. The molecule has 130 valence electrons. The van der Waals surface area contributed by atoms with Gasteiger partial charge in [-0.3, -0.25) is 14.5 Å². The predicted octanol–water partition coefficient (Wildman–Crippen LogP) is 1.47. The van der Waals surface area contributed by atoms with Crippen molar-refractivity contribution in [3.63, 3.8) is 0 Å². The molecule has 1 aromatic rings. The molecule has 7 heteroatoms. The van der Waals surface area contributed by atoms with E-state index in [1.807, 2.05) is 11.9 Å². The third-order valence-corrected chi connectivity index (χ3v) is 4.21. The summed E-state index contributed by atoms with van der Waals surface area (Å²) in [4.78, 5) is 26.8. The summed E-state index contributed by atoms with van der Waals surface area (Å²) in [6.07, 6.45) is 1.83. The fourth-order valence-corrected chi connectivity index (χ4v) is 2.98. The Bertz CT molecular complexity index is 651. The number of benzene rings is 1. The molecule has 0 aromatic heterocycles. The number of nitrogens with one attached hydrogen (secondary N) is 1. The summed E-state index contributed by atoms with van der Waals surface area (Å²) >= 11 is 0. The Kier molecular flexibility index (Phi) is 5.66. The summed E-state index contributed by atoms with van der Waals surface area (Å²) in [5.41, 5.74) is 0.606. The van der Waals surface area contributed by atoms with Gasteiger partial charge in [-0.15, -0.1) is 0 Å². The van der Waals surface area contributed by atoms with E-state index in [4.69, 9.17) is 0 Å². The molecular weight excluding hydrogens is 316 g/mol. The van der Waals surface area contributed by atoms with Gasteiger partial charge in [0.25, 0.3) is 0 Å². The quantitative estimate of drug-likeness (QED) is 0.828. The van der Waals surface area contributed by atoms with Gasteiger partial charge < -0.3 is 10.2 Å². The van der Waals surface area contributed by atoms with Crippen LogP contribution < -0.4 is 5.32 Å². The van der Waals surface area contributed by atoms with Crippen molar-refractivity contribution in [1.82, 2.24) is 15.1 Å². The highest BCUT2D eigenvalue weighted by atomic mass is 19.2. The van der Waals surface area contributed by atoms with Crippen LogP contribution in [-0.4, -0.2) is 54.8 Å². The molecule has 24 heavy (non-hydrogen) atoms. The molecular formula is C17H21F2N3O2. The van der Waals surface area contributed by atoms with Crippen molar-refractivity contribution < 1.29 is 18.4 Å². The Labute approximate surface area is 139 Å². The maximum absolute atomic E-state index is 13.5. The van der Waals surface area contributed by atoms with Crippen LogP contribution in [0.5, 0.6) is 0 Å². The molecule has 1 aromatic carbocycles. The first-order valence-corrected chi connectivity index (χ1v) is 7.65. The van der Waals surface area contributed by atoms with E-state index in [2.05, 4.69) is 11.9 Å². The topological polar surface area (TPSA) is 52.7 Å². The molecule has 1 aliphatic rings. The molecule has 0 bridgehead atoms. The molecule has 1 saturated heterocycles. The number of nitrogens with zero attached hydrogens (tertiary/aromatic N) is 2. The third-order valence-electron chi connectivity index (χ3n) is 4.21. The number of rotatable bonds is 5. The molecule has 5 nitrogen and oxygen atoms in total. The van der Waals surface area contributed by atoms with Gasteiger partial charge in [0.2, 0.25) is 11.8 Å². The van der Waals surface area contributed by atoms with E-state index < -0.39 is 11.6 Å². The minimum absolute atomic E-state index is 0.0877. The lowest BCUT2D eigenvalue weighted by Gasteiger charge is -2.27. The van der Waals surface area contributed by atoms with E-state index in [-0.39, 0.29) is 30.4 Å². The number of hydrogen-bond donors (Lipinski definition) is 1. The van der Waals surface area contributed by atoms with Crippen molar-refractivity contribution in [2.45, 2.75) is 18.5 Å². The van der Waals surface area contributed by atoms with Crippen LogP contribution in [0.15, 0.2) is 30.9 Å². The van der Waals surface area contributed by atoms with Gasteiger partial charge in [-0.1, -0.05) is 12.6 Å². The molecule has 0 aliphatic carbocycles. The van der Waals surface area contributed by atoms with Crippen LogP contribution in [0, 0.1) is 11.6 Å². The number of likely N-dealkylation sites (tertiary alicyclic amines) is 1.